The molecule has 0 aliphatic rings. The molecule has 0 amide bonds. The molecule has 0 saturated carbocycles. The molecule has 0 atom stereocenters. The van der Waals surface area contributed by atoms with Crippen molar-refractivity contribution in [3.05, 3.63) is 69.1 Å². The van der Waals surface area contributed by atoms with Gasteiger partial charge in [0.1, 0.15) is 5.69 Å². The van der Waals surface area contributed by atoms with Gasteiger partial charge in [-0.3, -0.25) is 9.20 Å². The molecule has 3 rings (SSSR count). The van der Waals surface area contributed by atoms with Gasteiger partial charge in [0.15, 0.2) is 4.96 Å². The van der Waals surface area contributed by atoms with Crippen LogP contribution in [0.2, 0.25) is 0 Å². The van der Waals surface area contributed by atoms with Gasteiger partial charge in [-0.2, -0.15) is 0 Å². The van der Waals surface area contributed by atoms with E-state index >= 15 is 0 Å². The molecule has 5 nitrogen and oxygen atoms in total. The van der Waals surface area contributed by atoms with E-state index in [4.69, 9.17) is 9.47 Å². The van der Waals surface area contributed by atoms with E-state index in [-0.39, 0.29) is 5.56 Å². The molecule has 0 N–H and O–H groups in total. The van der Waals surface area contributed by atoms with Crippen molar-refractivity contribution in [2.45, 2.75) is 12.7 Å². The van der Waals surface area contributed by atoms with Crippen LogP contribution in [0, 0.1) is 0 Å². The van der Waals surface area contributed by atoms with Gasteiger partial charge in [0, 0.05) is 37.8 Å². The van der Waals surface area contributed by atoms with Crippen molar-refractivity contribution in [2.75, 3.05) is 14.2 Å². The van der Waals surface area contributed by atoms with Gasteiger partial charge >= 0.3 is 0 Å². The highest BCUT2D eigenvalue weighted by Gasteiger charge is 2.21. The van der Waals surface area contributed by atoms with E-state index in [1.807, 2.05) is 35.7 Å². The number of rotatable bonds is 5. The first-order valence-corrected chi connectivity index (χ1v) is 7.70. The molecular weight excluding hydrogens is 300 g/mol. The molecule has 0 spiro atoms. The molecule has 0 aliphatic carbocycles. The molecular formula is C16H16N2O3S. The van der Waals surface area contributed by atoms with Crippen LogP contribution in [0.4, 0.5) is 0 Å². The highest BCUT2D eigenvalue weighted by molar-refractivity contribution is 7.15. The van der Waals surface area contributed by atoms with Crippen molar-refractivity contribution in [1.29, 1.82) is 0 Å². The number of ether oxygens (including phenoxy) is 2. The van der Waals surface area contributed by atoms with Crippen LogP contribution < -0.4 is 5.56 Å². The minimum Gasteiger partial charge on any atom is -0.350 e. The van der Waals surface area contributed by atoms with E-state index in [9.17, 15) is 4.79 Å². The second kappa shape index (κ2) is 6.39. The lowest BCUT2D eigenvalue weighted by molar-refractivity contribution is -0.109. The molecule has 22 heavy (non-hydrogen) atoms. The average Bonchev–Trinajstić information content (AvgIpc) is 3.02. The fourth-order valence-electron chi connectivity index (χ4n) is 2.41. The molecule has 0 unspecified atom stereocenters. The second-order valence-electron chi connectivity index (χ2n) is 4.80. The normalized spacial score (nSPS) is 11.4. The molecule has 1 aromatic carbocycles. The Kier molecular flexibility index (Phi) is 4.33. The minimum absolute atomic E-state index is 0.0794. The lowest BCUT2D eigenvalue weighted by Gasteiger charge is -2.16. The standard InChI is InChI=1S/C16H16N2O3S/c1-20-15(21-2)13-12(10-11-6-4-3-5-7-11)14(19)18-8-9-22-16(18)17-13/h3-9,15H,10H2,1-2H3. The number of fused-ring (bicyclic) bond motifs is 1. The van der Waals surface area contributed by atoms with Crippen molar-refractivity contribution in [3.8, 4) is 0 Å². The molecule has 0 saturated heterocycles. The lowest BCUT2D eigenvalue weighted by Crippen LogP contribution is -2.24. The van der Waals surface area contributed by atoms with Crippen LogP contribution in [0.15, 0.2) is 46.7 Å². The number of aromatic nitrogens is 2. The van der Waals surface area contributed by atoms with Crippen LogP contribution in [-0.2, 0) is 15.9 Å². The smallest absolute Gasteiger partial charge is 0.262 e. The molecule has 0 bridgehead atoms. The van der Waals surface area contributed by atoms with Gasteiger partial charge in [-0.05, 0) is 5.56 Å². The topological polar surface area (TPSA) is 52.8 Å². The van der Waals surface area contributed by atoms with Gasteiger partial charge in [0.2, 0.25) is 6.29 Å². The van der Waals surface area contributed by atoms with Gasteiger partial charge in [0.25, 0.3) is 5.56 Å². The molecule has 0 aliphatic heterocycles. The number of benzene rings is 1. The van der Waals surface area contributed by atoms with Gasteiger partial charge < -0.3 is 9.47 Å². The molecule has 3 aromatic rings. The van der Waals surface area contributed by atoms with E-state index in [0.29, 0.717) is 22.6 Å². The summed E-state index contributed by atoms with van der Waals surface area (Å²) < 4.78 is 12.2. The summed E-state index contributed by atoms with van der Waals surface area (Å²) in [5, 5.41) is 1.84. The zero-order chi connectivity index (χ0) is 15.5. The van der Waals surface area contributed by atoms with Crippen LogP contribution >= 0.6 is 11.3 Å². The van der Waals surface area contributed by atoms with E-state index in [2.05, 4.69) is 4.98 Å². The van der Waals surface area contributed by atoms with Crippen LogP contribution in [0.25, 0.3) is 4.96 Å². The minimum atomic E-state index is -0.654. The number of thiazole rings is 1. The SMILES string of the molecule is COC(OC)c1nc2sccn2c(=O)c1Cc1ccccc1. The van der Waals surface area contributed by atoms with E-state index in [1.54, 1.807) is 24.8 Å². The summed E-state index contributed by atoms with van der Waals surface area (Å²) in [5.74, 6) is 0. The fraction of sp³-hybridized carbons (Fsp3) is 0.250. The third-order valence-electron chi connectivity index (χ3n) is 3.47. The highest BCUT2D eigenvalue weighted by Crippen LogP contribution is 2.22. The number of hydrogen-bond acceptors (Lipinski definition) is 5. The largest absolute Gasteiger partial charge is 0.350 e. The maximum absolute atomic E-state index is 12.8. The van der Waals surface area contributed by atoms with Crippen molar-refractivity contribution in [2.24, 2.45) is 0 Å². The summed E-state index contributed by atoms with van der Waals surface area (Å²) in [6.45, 7) is 0. The van der Waals surface area contributed by atoms with Crippen molar-refractivity contribution < 1.29 is 9.47 Å². The van der Waals surface area contributed by atoms with E-state index in [1.165, 1.54) is 11.3 Å². The molecule has 0 fully saturated rings. The summed E-state index contributed by atoms with van der Waals surface area (Å²) in [4.78, 5) is 18.0. The van der Waals surface area contributed by atoms with Gasteiger partial charge in [-0.1, -0.05) is 30.3 Å². The predicted molar refractivity (Wildman–Crippen MR) is 85.3 cm³/mol. The second-order valence-corrected chi connectivity index (χ2v) is 5.68. The van der Waals surface area contributed by atoms with Crippen LogP contribution in [0.5, 0.6) is 0 Å². The first-order valence-electron chi connectivity index (χ1n) is 6.82. The average molecular weight is 316 g/mol. The molecule has 114 valence electrons. The van der Waals surface area contributed by atoms with E-state index in [0.717, 1.165) is 5.56 Å². The van der Waals surface area contributed by atoms with Crippen LogP contribution in [0.1, 0.15) is 23.1 Å². The summed E-state index contributed by atoms with van der Waals surface area (Å²) in [6, 6.07) is 9.83. The maximum atomic E-state index is 12.8. The Labute approximate surface area is 131 Å². The monoisotopic (exact) mass is 316 g/mol. The first kappa shape index (κ1) is 14.9. The Morgan fingerprint density at radius 2 is 1.95 bits per heavy atom. The Morgan fingerprint density at radius 3 is 2.64 bits per heavy atom. The lowest BCUT2D eigenvalue weighted by atomic mass is 10.0. The highest BCUT2D eigenvalue weighted by atomic mass is 32.1. The van der Waals surface area contributed by atoms with Crippen molar-refractivity contribution >= 4 is 16.3 Å². The Hall–Kier alpha value is -2.02. The molecule has 6 heteroatoms. The maximum Gasteiger partial charge on any atom is 0.262 e. The summed E-state index contributed by atoms with van der Waals surface area (Å²) in [6.07, 6.45) is 1.57. The molecule has 0 radical (unpaired) electrons. The van der Waals surface area contributed by atoms with Crippen molar-refractivity contribution in [3.63, 3.8) is 0 Å². The van der Waals surface area contributed by atoms with Gasteiger partial charge in [0.05, 0.1) is 0 Å². The Bertz CT molecular complexity index is 822. The third-order valence-corrected chi connectivity index (χ3v) is 4.22. The number of nitrogens with zero attached hydrogens (tertiary/aromatic N) is 2. The predicted octanol–water partition coefficient (Wildman–Crippen LogP) is 2.64. The van der Waals surface area contributed by atoms with E-state index < -0.39 is 6.29 Å². The Morgan fingerprint density at radius 1 is 1.23 bits per heavy atom. The number of methoxy groups -OCH3 is 2. The first-order chi connectivity index (χ1) is 10.7. The summed E-state index contributed by atoms with van der Waals surface area (Å²) >= 11 is 1.41. The van der Waals surface area contributed by atoms with Crippen LogP contribution in [-0.4, -0.2) is 23.6 Å². The van der Waals surface area contributed by atoms with Crippen molar-refractivity contribution in [1.82, 2.24) is 9.38 Å². The third kappa shape index (κ3) is 2.68. The Balaban J connectivity index is 2.18. The van der Waals surface area contributed by atoms with Gasteiger partial charge in [-0.25, -0.2) is 4.98 Å². The zero-order valence-electron chi connectivity index (χ0n) is 12.4. The quantitative estimate of drug-likeness (QED) is 0.679. The molecule has 2 heterocycles. The fourth-order valence-corrected chi connectivity index (χ4v) is 3.13. The summed E-state index contributed by atoms with van der Waals surface area (Å²) in [7, 11) is 3.08. The van der Waals surface area contributed by atoms with Gasteiger partial charge in [-0.15, -0.1) is 11.3 Å². The number of hydrogen-bond donors (Lipinski definition) is 0. The molecule has 2 aromatic heterocycles. The van der Waals surface area contributed by atoms with Crippen LogP contribution in [0.3, 0.4) is 0 Å². The summed E-state index contributed by atoms with van der Waals surface area (Å²) in [5.41, 5.74) is 2.10. The zero-order valence-corrected chi connectivity index (χ0v) is 13.2.